The Kier molecular flexibility index (Phi) is 4.89. The van der Waals surface area contributed by atoms with Crippen LogP contribution in [0.2, 0.25) is 0 Å². The van der Waals surface area contributed by atoms with E-state index in [1.807, 2.05) is 0 Å². The number of benzene rings is 1. The van der Waals surface area contributed by atoms with Gasteiger partial charge >= 0.3 is 12.6 Å². The molecule has 1 aromatic rings. The van der Waals surface area contributed by atoms with Crippen molar-refractivity contribution < 1.29 is 23.4 Å². The zero-order valence-corrected chi connectivity index (χ0v) is 13.4. The van der Waals surface area contributed by atoms with Crippen molar-refractivity contribution in [3.05, 3.63) is 29.3 Å². The van der Waals surface area contributed by atoms with Crippen molar-refractivity contribution in [3.8, 4) is 5.75 Å². The monoisotopic (exact) mass is 340 g/mol. The van der Waals surface area contributed by atoms with Gasteiger partial charge in [-0.25, -0.2) is 4.79 Å². The molecule has 0 aromatic heterocycles. The molecule has 0 spiro atoms. The van der Waals surface area contributed by atoms with E-state index in [4.69, 9.17) is 0 Å². The number of carbonyl (C=O) groups excluding carboxylic acids is 1. The summed E-state index contributed by atoms with van der Waals surface area (Å²) in [6.07, 6.45) is 4.33. The Morgan fingerprint density at radius 2 is 2.21 bits per heavy atom. The minimum Gasteiger partial charge on any atom is -0.435 e. The van der Waals surface area contributed by atoms with Crippen molar-refractivity contribution in [1.29, 1.82) is 0 Å². The van der Waals surface area contributed by atoms with Gasteiger partial charge in [-0.15, -0.1) is 0 Å². The number of nitrogens with one attached hydrogen (secondary N) is 2. The molecule has 3 N–H and O–H groups in total. The molecule has 24 heavy (non-hydrogen) atoms. The number of aliphatic hydroxyl groups is 1. The Morgan fingerprint density at radius 1 is 1.42 bits per heavy atom. The number of rotatable bonds is 6. The molecule has 7 heteroatoms. The van der Waals surface area contributed by atoms with E-state index >= 15 is 0 Å². The van der Waals surface area contributed by atoms with E-state index < -0.39 is 6.61 Å². The van der Waals surface area contributed by atoms with Crippen molar-refractivity contribution in [1.82, 2.24) is 10.6 Å². The molecule has 1 unspecified atom stereocenters. The molecular formula is C17H22F2N2O3. The van der Waals surface area contributed by atoms with Gasteiger partial charge < -0.3 is 20.5 Å². The first-order valence-corrected chi connectivity index (χ1v) is 8.24. The van der Waals surface area contributed by atoms with E-state index in [9.17, 15) is 18.7 Å². The van der Waals surface area contributed by atoms with Crippen LogP contribution in [-0.2, 0) is 6.42 Å². The fourth-order valence-electron chi connectivity index (χ4n) is 3.16. The second kappa shape index (κ2) is 6.93. The average molecular weight is 340 g/mol. The van der Waals surface area contributed by atoms with Crippen molar-refractivity contribution in [2.75, 3.05) is 13.2 Å². The third-order valence-corrected chi connectivity index (χ3v) is 4.88. The number of alkyl halides is 2. The normalized spacial score (nSPS) is 21.1. The van der Waals surface area contributed by atoms with Crippen LogP contribution in [0.1, 0.15) is 42.9 Å². The summed E-state index contributed by atoms with van der Waals surface area (Å²) in [5.74, 6) is 0.146. The second-order valence-corrected chi connectivity index (χ2v) is 6.67. The van der Waals surface area contributed by atoms with E-state index in [0.717, 1.165) is 43.2 Å². The minimum absolute atomic E-state index is 0.0897. The van der Waals surface area contributed by atoms with Crippen LogP contribution in [0, 0.1) is 5.41 Å². The van der Waals surface area contributed by atoms with Crippen LogP contribution in [0.4, 0.5) is 13.6 Å². The zero-order valence-electron chi connectivity index (χ0n) is 13.4. The van der Waals surface area contributed by atoms with E-state index in [1.54, 1.807) is 12.1 Å². The van der Waals surface area contributed by atoms with Gasteiger partial charge in [0.15, 0.2) is 0 Å². The summed E-state index contributed by atoms with van der Waals surface area (Å²) >= 11 is 0. The molecule has 3 rings (SSSR count). The summed E-state index contributed by atoms with van der Waals surface area (Å²) in [5.41, 5.74) is 1.74. The molecule has 0 saturated heterocycles. The standard InChI is InChI=1S/C17H22F2N2O3/c18-15(19)24-12-4-5-13-11(8-12)2-1-3-14(13)21-16(23)20-9-17(10-22)6-7-17/h4-5,8,14-15,22H,1-3,6-7,9-10H2,(H2,20,21,23). The number of carbonyl (C=O) groups is 1. The van der Waals surface area contributed by atoms with Gasteiger partial charge in [-0.2, -0.15) is 8.78 Å². The highest BCUT2D eigenvalue weighted by molar-refractivity contribution is 5.74. The van der Waals surface area contributed by atoms with E-state index in [-0.39, 0.29) is 29.8 Å². The van der Waals surface area contributed by atoms with Gasteiger partial charge in [0.1, 0.15) is 5.75 Å². The largest absolute Gasteiger partial charge is 0.435 e. The van der Waals surface area contributed by atoms with Crippen LogP contribution in [-0.4, -0.2) is 30.9 Å². The number of urea groups is 1. The number of aliphatic hydroxyl groups excluding tert-OH is 1. The third-order valence-electron chi connectivity index (χ3n) is 4.88. The van der Waals surface area contributed by atoms with Gasteiger partial charge in [-0.05, 0) is 55.4 Å². The number of aryl methyl sites for hydroxylation is 1. The Morgan fingerprint density at radius 3 is 2.88 bits per heavy atom. The molecule has 1 atom stereocenters. The first kappa shape index (κ1) is 17.0. The zero-order chi connectivity index (χ0) is 17.2. The van der Waals surface area contributed by atoms with Crippen LogP contribution < -0.4 is 15.4 Å². The number of hydrogen-bond donors (Lipinski definition) is 3. The highest BCUT2D eigenvalue weighted by atomic mass is 19.3. The van der Waals surface area contributed by atoms with Crippen molar-refractivity contribution in [2.24, 2.45) is 5.41 Å². The predicted molar refractivity (Wildman–Crippen MR) is 84.0 cm³/mol. The van der Waals surface area contributed by atoms with Crippen LogP contribution in [0.3, 0.4) is 0 Å². The number of ether oxygens (including phenoxy) is 1. The van der Waals surface area contributed by atoms with Crippen molar-refractivity contribution in [2.45, 2.75) is 44.8 Å². The van der Waals surface area contributed by atoms with Gasteiger partial charge in [0, 0.05) is 12.0 Å². The van der Waals surface area contributed by atoms with Gasteiger partial charge in [0.05, 0.1) is 12.6 Å². The molecule has 132 valence electrons. The second-order valence-electron chi connectivity index (χ2n) is 6.67. The Hall–Kier alpha value is -1.89. The Labute approximate surface area is 139 Å². The lowest BCUT2D eigenvalue weighted by Gasteiger charge is -2.27. The molecule has 2 aliphatic carbocycles. The Balaban J connectivity index is 1.60. The lowest BCUT2D eigenvalue weighted by molar-refractivity contribution is -0.0499. The van der Waals surface area contributed by atoms with E-state index in [1.165, 1.54) is 6.07 Å². The molecule has 0 heterocycles. The molecule has 0 radical (unpaired) electrons. The third kappa shape index (κ3) is 3.95. The summed E-state index contributed by atoms with van der Waals surface area (Å²) in [7, 11) is 0. The molecule has 1 saturated carbocycles. The molecule has 2 aliphatic rings. The number of amides is 2. The number of fused-ring (bicyclic) bond motifs is 1. The highest BCUT2D eigenvalue weighted by Crippen LogP contribution is 2.44. The summed E-state index contributed by atoms with van der Waals surface area (Å²) in [6.45, 7) is -2.28. The van der Waals surface area contributed by atoms with E-state index in [0.29, 0.717) is 6.54 Å². The van der Waals surface area contributed by atoms with Crippen LogP contribution >= 0.6 is 0 Å². The first-order valence-electron chi connectivity index (χ1n) is 8.24. The number of halogens is 2. The van der Waals surface area contributed by atoms with Gasteiger partial charge in [0.2, 0.25) is 0 Å². The Bertz CT molecular complexity index is 605. The molecule has 1 fully saturated rings. The first-order chi connectivity index (χ1) is 11.5. The lowest BCUT2D eigenvalue weighted by Crippen LogP contribution is -2.42. The van der Waals surface area contributed by atoms with Crippen molar-refractivity contribution >= 4 is 6.03 Å². The van der Waals surface area contributed by atoms with E-state index in [2.05, 4.69) is 15.4 Å². The fourth-order valence-corrected chi connectivity index (χ4v) is 3.16. The van der Waals surface area contributed by atoms with Crippen molar-refractivity contribution in [3.63, 3.8) is 0 Å². The molecular weight excluding hydrogens is 318 g/mol. The maximum absolute atomic E-state index is 12.3. The quantitative estimate of drug-likeness (QED) is 0.746. The lowest BCUT2D eigenvalue weighted by atomic mass is 9.87. The summed E-state index contributed by atoms with van der Waals surface area (Å²) < 4.78 is 29.1. The summed E-state index contributed by atoms with van der Waals surface area (Å²) in [6, 6.07) is 4.47. The van der Waals surface area contributed by atoms with Gasteiger partial charge in [0.25, 0.3) is 0 Å². The molecule has 0 bridgehead atoms. The molecule has 2 amide bonds. The summed E-state index contributed by atoms with van der Waals surface area (Å²) in [4.78, 5) is 12.1. The highest BCUT2D eigenvalue weighted by Gasteiger charge is 2.42. The van der Waals surface area contributed by atoms with Gasteiger partial charge in [-0.1, -0.05) is 6.07 Å². The maximum Gasteiger partial charge on any atom is 0.387 e. The minimum atomic E-state index is -2.84. The maximum atomic E-state index is 12.3. The summed E-state index contributed by atoms with van der Waals surface area (Å²) in [5, 5.41) is 15.0. The van der Waals surface area contributed by atoms with Crippen LogP contribution in [0.25, 0.3) is 0 Å². The molecule has 1 aromatic carbocycles. The SMILES string of the molecule is O=C(NCC1(CO)CC1)NC1CCCc2cc(OC(F)F)ccc21. The van der Waals surface area contributed by atoms with Gasteiger partial charge in [-0.3, -0.25) is 0 Å². The molecule has 0 aliphatic heterocycles. The number of hydrogen-bond acceptors (Lipinski definition) is 3. The predicted octanol–water partition coefficient (Wildman–Crippen LogP) is 2.74. The fraction of sp³-hybridized carbons (Fsp3) is 0.588. The van der Waals surface area contributed by atoms with Crippen LogP contribution in [0.15, 0.2) is 18.2 Å². The molecule has 5 nitrogen and oxygen atoms in total. The topological polar surface area (TPSA) is 70.6 Å². The smallest absolute Gasteiger partial charge is 0.387 e. The van der Waals surface area contributed by atoms with Crippen LogP contribution in [0.5, 0.6) is 5.75 Å². The average Bonchev–Trinajstić information content (AvgIpc) is 3.33.